The van der Waals surface area contributed by atoms with E-state index in [1.165, 1.54) is 0 Å². The van der Waals surface area contributed by atoms with E-state index in [0.29, 0.717) is 24.8 Å². The zero-order chi connectivity index (χ0) is 15.8. The molecule has 2 fully saturated rings. The SMILES string of the molecule is NOCCCCNC(=O)CCCC[C@@H]1SC[C@@H]2NC(=O)N[C@@H]21. The molecule has 2 heterocycles. The highest BCUT2D eigenvalue weighted by Crippen LogP contribution is 2.33. The number of fused-ring (bicyclic) bond motifs is 1. The summed E-state index contributed by atoms with van der Waals surface area (Å²) in [6, 6.07) is 0.499. The molecule has 0 aromatic heterocycles. The molecule has 3 atom stereocenters. The molecule has 5 N–H and O–H groups in total. The molecule has 0 aliphatic carbocycles. The number of amides is 3. The van der Waals surface area contributed by atoms with Crippen molar-refractivity contribution in [3.8, 4) is 0 Å². The molecule has 2 aliphatic rings. The van der Waals surface area contributed by atoms with Gasteiger partial charge in [-0.15, -0.1) is 0 Å². The standard InChI is InChI=1S/C14H26N4O3S/c15-21-8-4-3-7-16-12(19)6-2-1-5-11-13-10(9-22-11)17-14(20)18-13/h10-11,13H,1-9,15H2,(H,16,19)(H2,17,18,20)/t10-,11-,13-/m0/s1. The zero-order valence-corrected chi connectivity index (χ0v) is 13.6. The first-order valence-corrected chi connectivity index (χ1v) is 9.02. The summed E-state index contributed by atoms with van der Waals surface area (Å²) in [5, 5.41) is 9.31. The van der Waals surface area contributed by atoms with Gasteiger partial charge in [-0.25, -0.2) is 10.7 Å². The first-order chi connectivity index (χ1) is 10.7. The average Bonchev–Trinajstić information content (AvgIpc) is 3.03. The highest BCUT2D eigenvalue weighted by molar-refractivity contribution is 8.00. The van der Waals surface area contributed by atoms with E-state index in [1.807, 2.05) is 11.8 Å². The van der Waals surface area contributed by atoms with E-state index in [9.17, 15) is 9.59 Å². The zero-order valence-electron chi connectivity index (χ0n) is 12.8. The van der Waals surface area contributed by atoms with Crippen LogP contribution in [0.5, 0.6) is 0 Å². The van der Waals surface area contributed by atoms with E-state index in [4.69, 9.17) is 5.90 Å². The maximum atomic E-state index is 11.7. The van der Waals surface area contributed by atoms with Crippen molar-refractivity contribution < 1.29 is 14.4 Å². The molecule has 0 spiro atoms. The third-order valence-corrected chi connectivity index (χ3v) is 5.60. The van der Waals surface area contributed by atoms with Crippen molar-refractivity contribution in [2.24, 2.45) is 5.90 Å². The predicted molar refractivity (Wildman–Crippen MR) is 86.3 cm³/mol. The molecule has 3 amide bonds. The second-order valence-corrected chi connectivity index (χ2v) is 7.07. The van der Waals surface area contributed by atoms with Gasteiger partial charge in [-0.2, -0.15) is 11.8 Å². The number of nitrogens with one attached hydrogen (secondary N) is 3. The molecule has 2 aliphatic heterocycles. The number of carbonyl (C=O) groups is 2. The van der Waals surface area contributed by atoms with Crippen LogP contribution in [0.15, 0.2) is 0 Å². The van der Waals surface area contributed by atoms with Crippen molar-refractivity contribution in [3.63, 3.8) is 0 Å². The Kier molecular flexibility index (Phi) is 7.28. The summed E-state index contributed by atoms with van der Waals surface area (Å²) in [4.78, 5) is 27.4. The molecule has 2 saturated heterocycles. The molecule has 0 unspecified atom stereocenters. The molecule has 7 nitrogen and oxygen atoms in total. The molecule has 0 aromatic carbocycles. The van der Waals surface area contributed by atoms with Crippen molar-refractivity contribution in [2.45, 2.75) is 55.9 Å². The fraction of sp³-hybridized carbons (Fsp3) is 0.857. The molecule has 2 rings (SSSR count). The Labute approximate surface area is 135 Å². The number of hydrogen-bond acceptors (Lipinski definition) is 5. The van der Waals surface area contributed by atoms with Gasteiger partial charge in [-0.1, -0.05) is 6.42 Å². The molecule has 22 heavy (non-hydrogen) atoms. The third kappa shape index (κ3) is 5.33. The maximum absolute atomic E-state index is 11.7. The van der Waals surface area contributed by atoms with Crippen LogP contribution in [0.4, 0.5) is 4.79 Å². The number of nitrogens with two attached hydrogens (primary N) is 1. The Morgan fingerprint density at radius 1 is 1.32 bits per heavy atom. The molecule has 8 heteroatoms. The second kappa shape index (κ2) is 9.22. The molecule has 0 saturated carbocycles. The van der Waals surface area contributed by atoms with Gasteiger partial charge in [0.1, 0.15) is 0 Å². The lowest BCUT2D eigenvalue weighted by Gasteiger charge is -2.16. The van der Waals surface area contributed by atoms with Gasteiger partial charge < -0.3 is 20.8 Å². The van der Waals surface area contributed by atoms with E-state index < -0.39 is 0 Å². The van der Waals surface area contributed by atoms with Gasteiger partial charge in [0.25, 0.3) is 0 Å². The van der Waals surface area contributed by atoms with Crippen LogP contribution >= 0.6 is 11.8 Å². The largest absolute Gasteiger partial charge is 0.356 e. The number of thioether (sulfide) groups is 1. The smallest absolute Gasteiger partial charge is 0.315 e. The average molecular weight is 330 g/mol. The first kappa shape index (κ1) is 17.4. The van der Waals surface area contributed by atoms with Crippen LogP contribution in [0.3, 0.4) is 0 Å². The highest BCUT2D eigenvalue weighted by atomic mass is 32.2. The molecule has 126 valence electrons. The minimum absolute atomic E-state index is 0.0419. The van der Waals surface area contributed by atoms with Gasteiger partial charge in [-0.05, 0) is 25.7 Å². The third-order valence-electron chi connectivity index (χ3n) is 4.09. The van der Waals surface area contributed by atoms with Crippen LogP contribution in [-0.2, 0) is 9.63 Å². The highest BCUT2D eigenvalue weighted by Gasteiger charge is 2.42. The Hall–Kier alpha value is -0.990. The van der Waals surface area contributed by atoms with Crippen LogP contribution in [-0.4, -0.2) is 48.2 Å². The van der Waals surface area contributed by atoms with Gasteiger partial charge >= 0.3 is 6.03 Å². The van der Waals surface area contributed by atoms with Crippen LogP contribution in [0.25, 0.3) is 0 Å². The fourth-order valence-electron chi connectivity index (χ4n) is 2.90. The molecule has 0 radical (unpaired) electrons. The van der Waals surface area contributed by atoms with Crippen molar-refractivity contribution in [1.82, 2.24) is 16.0 Å². The topological polar surface area (TPSA) is 105 Å². The summed E-state index contributed by atoms with van der Waals surface area (Å²) in [6.07, 6.45) is 5.28. The second-order valence-electron chi connectivity index (χ2n) is 5.80. The van der Waals surface area contributed by atoms with E-state index in [0.717, 1.165) is 37.9 Å². The number of unbranched alkanes of at least 4 members (excludes halogenated alkanes) is 2. The number of hydrogen-bond donors (Lipinski definition) is 4. The monoisotopic (exact) mass is 330 g/mol. The van der Waals surface area contributed by atoms with Crippen LogP contribution in [0, 0.1) is 0 Å². The minimum Gasteiger partial charge on any atom is -0.356 e. The van der Waals surface area contributed by atoms with E-state index in [1.54, 1.807) is 0 Å². The van der Waals surface area contributed by atoms with Gasteiger partial charge in [0.2, 0.25) is 5.91 Å². The van der Waals surface area contributed by atoms with Crippen molar-refractivity contribution in [3.05, 3.63) is 0 Å². The summed E-state index contributed by atoms with van der Waals surface area (Å²) in [7, 11) is 0. The Bertz CT molecular complexity index is 383. The molecule has 0 aromatic rings. The summed E-state index contributed by atoms with van der Waals surface area (Å²) < 4.78 is 0. The lowest BCUT2D eigenvalue weighted by molar-refractivity contribution is -0.121. The fourth-order valence-corrected chi connectivity index (χ4v) is 4.44. The number of urea groups is 1. The van der Waals surface area contributed by atoms with Crippen molar-refractivity contribution in [1.29, 1.82) is 0 Å². The van der Waals surface area contributed by atoms with Gasteiger partial charge in [0.05, 0.1) is 18.7 Å². The Morgan fingerprint density at radius 2 is 2.18 bits per heavy atom. The first-order valence-electron chi connectivity index (χ1n) is 7.97. The summed E-state index contributed by atoms with van der Waals surface area (Å²) in [5.41, 5.74) is 0. The van der Waals surface area contributed by atoms with Crippen molar-refractivity contribution in [2.75, 3.05) is 18.9 Å². The Morgan fingerprint density at radius 3 is 3.00 bits per heavy atom. The summed E-state index contributed by atoms with van der Waals surface area (Å²) in [6.45, 7) is 1.21. The predicted octanol–water partition coefficient (Wildman–Crippen LogP) is 0.499. The number of carbonyl (C=O) groups excluding carboxylic acids is 2. The molecule has 0 bridgehead atoms. The maximum Gasteiger partial charge on any atom is 0.315 e. The van der Waals surface area contributed by atoms with E-state index >= 15 is 0 Å². The lowest BCUT2D eigenvalue weighted by Crippen LogP contribution is -2.36. The van der Waals surface area contributed by atoms with E-state index in [2.05, 4.69) is 20.8 Å². The van der Waals surface area contributed by atoms with E-state index in [-0.39, 0.29) is 24.0 Å². The van der Waals surface area contributed by atoms with Crippen LogP contribution < -0.4 is 21.8 Å². The minimum atomic E-state index is -0.0419. The van der Waals surface area contributed by atoms with Crippen LogP contribution in [0.1, 0.15) is 38.5 Å². The molecular weight excluding hydrogens is 304 g/mol. The Balaban J connectivity index is 1.49. The quantitative estimate of drug-likeness (QED) is 0.265. The van der Waals surface area contributed by atoms with Gasteiger partial charge in [-0.3, -0.25) is 4.79 Å². The van der Waals surface area contributed by atoms with Gasteiger partial charge in [0, 0.05) is 24.0 Å². The number of rotatable bonds is 10. The summed E-state index contributed by atoms with van der Waals surface area (Å²) in [5.74, 6) is 6.03. The summed E-state index contributed by atoms with van der Waals surface area (Å²) >= 11 is 1.92. The molecular formula is C14H26N4O3S. The van der Waals surface area contributed by atoms with Crippen LogP contribution in [0.2, 0.25) is 0 Å². The lowest BCUT2D eigenvalue weighted by atomic mass is 10.0. The van der Waals surface area contributed by atoms with Crippen molar-refractivity contribution >= 4 is 23.7 Å². The normalized spacial score (nSPS) is 26.4. The van der Waals surface area contributed by atoms with Gasteiger partial charge in [0.15, 0.2) is 0 Å².